The minimum Gasteiger partial charge on any atom is -0.489 e. The van der Waals surface area contributed by atoms with Gasteiger partial charge >= 0.3 is 0 Å². The molecule has 1 unspecified atom stereocenters. The molecule has 0 aliphatic heterocycles. The van der Waals surface area contributed by atoms with Gasteiger partial charge in [0.2, 0.25) is 0 Å². The molecule has 3 aromatic carbocycles. The van der Waals surface area contributed by atoms with Crippen LogP contribution in [-0.4, -0.2) is 24.1 Å². The molecule has 0 bridgehead atoms. The van der Waals surface area contributed by atoms with E-state index < -0.39 is 23.7 Å². The van der Waals surface area contributed by atoms with Crippen LogP contribution in [0.15, 0.2) is 82.4 Å². The van der Waals surface area contributed by atoms with E-state index in [4.69, 9.17) is 4.74 Å². The minimum atomic E-state index is -0.802. The number of hydrogen-bond donors (Lipinski definition) is 2. The van der Waals surface area contributed by atoms with Crippen LogP contribution in [0.4, 0.5) is 4.39 Å². The maximum Gasteiger partial charge on any atom is 0.262 e. The molecule has 34 heavy (non-hydrogen) atoms. The molecular weight excluding hydrogens is 501 g/mol. The number of hydrazone groups is 1. The predicted molar refractivity (Wildman–Crippen MR) is 133 cm³/mol. The molecule has 0 heterocycles. The molecule has 0 saturated heterocycles. The average molecular weight is 526 g/mol. The zero-order valence-electron chi connectivity index (χ0n) is 18.8. The Hall–Kier alpha value is -3.52. The molecule has 0 aliphatic rings. The largest absolute Gasteiger partial charge is 0.489 e. The van der Waals surface area contributed by atoms with Gasteiger partial charge in [-0.15, -0.1) is 0 Å². The summed E-state index contributed by atoms with van der Waals surface area (Å²) in [5, 5.41) is 6.67. The van der Waals surface area contributed by atoms with Crippen LogP contribution in [0.3, 0.4) is 0 Å². The van der Waals surface area contributed by atoms with Gasteiger partial charge in [-0.25, -0.2) is 9.82 Å². The quantitative estimate of drug-likeness (QED) is 0.302. The van der Waals surface area contributed by atoms with Crippen molar-refractivity contribution in [1.29, 1.82) is 0 Å². The number of rotatable bonds is 9. The van der Waals surface area contributed by atoms with Gasteiger partial charge in [0.1, 0.15) is 24.2 Å². The highest BCUT2D eigenvalue weighted by molar-refractivity contribution is 9.10. The number of nitrogens with one attached hydrogen (secondary N) is 2. The standard InChI is InChI=1S/C26H25BrFN3O3/c1-17(2)24(30-25(32)20-7-11-22(28)12-8-20)26(33)31-29-15-18-5-13-23(14-6-18)34-16-19-3-9-21(27)10-4-19/h3-15,17,24H,16H2,1-2H3,(H,30,32)(H,31,33)/b29-15+. The van der Waals surface area contributed by atoms with E-state index in [9.17, 15) is 14.0 Å². The Morgan fingerprint density at radius 1 is 1.00 bits per heavy atom. The van der Waals surface area contributed by atoms with Crippen LogP contribution < -0.4 is 15.5 Å². The summed E-state index contributed by atoms with van der Waals surface area (Å²) in [6.45, 7) is 4.08. The fourth-order valence-electron chi connectivity index (χ4n) is 3.00. The van der Waals surface area contributed by atoms with Gasteiger partial charge in [0.25, 0.3) is 11.8 Å². The monoisotopic (exact) mass is 525 g/mol. The van der Waals surface area contributed by atoms with Crippen molar-refractivity contribution in [3.05, 3.63) is 99.8 Å². The van der Waals surface area contributed by atoms with E-state index in [-0.39, 0.29) is 11.5 Å². The van der Waals surface area contributed by atoms with E-state index >= 15 is 0 Å². The second-order valence-electron chi connectivity index (χ2n) is 7.92. The van der Waals surface area contributed by atoms with E-state index in [1.165, 1.54) is 30.5 Å². The van der Waals surface area contributed by atoms with Gasteiger partial charge in [0, 0.05) is 10.0 Å². The number of hydrogen-bond acceptors (Lipinski definition) is 4. The van der Waals surface area contributed by atoms with Crippen LogP contribution >= 0.6 is 15.9 Å². The van der Waals surface area contributed by atoms with Crippen molar-refractivity contribution in [2.75, 3.05) is 0 Å². The topological polar surface area (TPSA) is 79.8 Å². The molecule has 6 nitrogen and oxygen atoms in total. The molecule has 0 aliphatic carbocycles. The number of carbonyl (C=O) groups excluding carboxylic acids is 2. The SMILES string of the molecule is CC(C)C(NC(=O)c1ccc(F)cc1)C(=O)N/N=C/c1ccc(OCc2ccc(Br)cc2)cc1. The number of halogens is 2. The Labute approximate surface area is 206 Å². The summed E-state index contributed by atoms with van der Waals surface area (Å²) in [6, 6.07) is 19.5. The van der Waals surface area contributed by atoms with Crippen molar-refractivity contribution in [3.8, 4) is 5.75 Å². The Balaban J connectivity index is 1.52. The molecule has 176 valence electrons. The summed E-state index contributed by atoms with van der Waals surface area (Å²) in [4.78, 5) is 25.0. The van der Waals surface area contributed by atoms with Crippen molar-refractivity contribution in [1.82, 2.24) is 10.7 Å². The van der Waals surface area contributed by atoms with Gasteiger partial charge in [-0.2, -0.15) is 5.10 Å². The van der Waals surface area contributed by atoms with Crippen molar-refractivity contribution in [2.45, 2.75) is 26.5 Å². The van der Waals surface area contributed by atoms with Gasteiger partial charge in [-0.1, -0.05) is 41.9 Å². The summed E-state index contributed by atoms with van der Waals surface area (Å²) in [7, 11) is 0. The number of nitrogens with zero attached hydrogens (tertiary/aromatic N) is 1. The Morgan fingerprint density at radius 2 is 1.65 bits per heavy atom. The Bertz CT molecular complexity index is 1130. The molecule has 8 heteroatoms. The van der Waals surface area contributed by atoms with Crippen LogP contribution in [0.1, 0.15) is 35.3 Å². The molecule has 2 amide bonds. The Morgan fingerprint density at radius 3 is 2.26 bits per heavy atom. The summed E-state index contributed by atoms with van der Waals surface area (Å²) in [5.41, 5.74) is 4.56. The lowest BCUT2D eigenvalue weighted by Gasteiger charge is -2.20. The van der Waals surface area contributed by atoms with Crippen LogP contribution in [-0.2, 0) is 11.4 Å². The fraction of sp³-hybridized carbons (Fsp3) is 0.192. The fourth-order valence-corrected chi connectivity index (χ4v) is 3.26. The first-order valence-corrected chi connectivity index (χ1v) is 11.5. The van der Waals surface area contributed by atoms with E-state index in [2.05, 4.69) is 31.8 Å². The third kappa shape index (κ3) is 7.52. The number of carbonyl (C=O) groups is 2. The van der Waals surface area contributed by atoms with Gasteiger partial charge < -0.3 is 10.1 Å². The van der Waals surface area contributed by atoms with Crippen molar-refractivity contribution < 1.29 is 18.7 Å². The molecule has 1 atom stereocenters. The second kappa shape index (κ2) is 12.1. The molecule has 0 fully saturated rings. The summed E-state index contributed by atoms with van der Waals surface area (Å²) < 4.78 is 19.9. The third-order valence-electron chi connectivity index (χ3n) is 4.93. The normalized spacial score (nSPS) is 11.9. The zero-order chi connectivity index (χ0) is 24.5. The van der Waals surface area contributed by atoms with Crippen LogP contribution in [0.25, 0.3) is 0 Å². The first-order chi connectivity index (χ1) is 16.3. The predicted octanol–water partition coefficient (Wildman–Crippen LogP) is 5.07. The number of ether oxygens (including phenoxy) is 1. The van der Waals surface area contributed by atoms with Gasteiger partial charge in [-0.3, -0.25) is 9.59 Å². The highest BCUT2D eigenvalue weighted by Gasteiger charge is 2.24. The lowest BCUT2D eigenvalue weighted by Crippen LogP contribution is -2.48. The molecule has 2 N–H and O–H groups in total. The molecule has 0 aromatic heterocycles. The first-order valence-electron chi connectivity index (χ1n) is 10.7. The van der Waals surface area contributed by atoms with Gasteiger partial charge in [0.05, 0.1) is 6.21 Å². The first kappa shape index (κ1) is 25.1. The third-order valence-corrected chi connectivity index (χ3v) is 5.46. The van der Waals surface area contributed by atoms with E-state index in [1.807, 2.05) is 62.4 Å². The summed E-state index contributed by atoms with van der Waals surface area (Å²) >= 11 is 3.41. The maximum absolute atomic E-state index is 13.1. The van der Waals surface area contributed by atoms with E-state index in [0.717, 1.165) is 15.6 Å². The van der Waals surface area contributed by atoms with E-state index in [1.54, 1.807) is 0 Å². The van der Waals surface area contributed by atoms with E-state index in [0.29, 0.717) is 12.4 Å². The average Bonchev–Trinajstić information content (AvgIpc) is 2.83. The smallest absolute Gasteiger partial charge is 0.262 e. The molecule has 0 saturated carbocycles. The Kier molecular flexibility index (Phi) is 8.93. The zero-order valence-corrected chi connectivity index (χ0v) is 20.4. The maximum atomic E-state index is 13.1. The van der Waals surface area contributed by atoms with Gasteiger partial charge in [0.15, 0.2) is 0 Å². The number of benzene rings is 3. The molecule has 0 spiro atoms. The molecule has 0 radical (unpaired) electrons. The molecule has 3 rings (SSSR count). The summed E-state index contributed by atoms with van der Waals surface area (Å²) in [6.07, 6.45) is 1.51. The van der Waals surface area contributed by atoms with Crippen molar-refractivity contribution in [3.63, 3.8) is 0 Å². The number of amides is 2. The van der Waals surface area contributed by atoms with Crippen molar-refractivity contribution in [2.24, 2.45) is 11.0 Å². The van der Waals surface area contributed by atoms with Crippen LogP contribution in [0, 0.1) is 11.7 Å². The van der Waals surface area contributed by atoms with Gasteiger partial charge in [-0.05, 0) is 77.7 Å². The minimum absolute atomic E-state index is 0.179. The molecular formula is C26H25BrFN3O3. The molecule has 3 aromatic rings. The van der Waals surface area contributed by atoms with Crippen molar-refractivity contribution >= 4 is 34.0 Å². The summed E-state index contributed by atoms with van der Waals surface area (Å²) in [5.74, 6) is -0.810. The second-order valence-corrected chi connectivity index (χ2v) is 8.84. The van der Waals surface area contributed by atoms with Crippen LogP contribution in [0.2, 0.25) is 0 Å². The van der Waals surface area contributed by atoms with Crippen LogP contribution in [0.5, 0.6) is 5.75 Å². The lowest BCUT2D eigenvalue weighted by molar-refractivity contribution is -0.123. The lowest BCUT2D eigenvalue weighted by atomic mass is 10.0. The highest BCUT2D eigenvalue weighted by Crippen LogP contribution is 2.15. The highest BCUT2D eigenvalue weighted by atomic mass is 79.9.